The van der Waals surface area contributed by atoms with Crippen LogP contribution in [0.1, 0.15) is 18.4 Å². The van der Waals surface area contributed by atoms with Crippen LogP contribution in [-0.2, 0) is 6.42 Å². The Kier molecular flexibility index (Phi) is 4.36. The Morgan fingerprint density at radius 1 is 1.27 bits per heavy atom. The molecule has 0 saturated heterocycles. The number of terminal acetylenes is 1. The van der Waals surface area contributed by atoms with E-state index in [0.717, 1.165) is 5.56 Å². The fourth-order valence-electron chi connectivity index (χ4n) is 1.61. The van der Waals surface area contributed by atoms with Crippen LogP contribution in [-0.4, -0.2) is 22.4 Å². The SMILES string of the molecule is C#CCC(O)(CCO)Cc1ccccc1. The van der Waals surface area contributed by atoms with Crippen molar-refractivity contribution in [2.75, 3.05) is 6.61 Å². The van der Waals surface area contributed by atoms with Crippen molar-refractivity contribution in [2.45, 2.75) is 24.9 Å². The number of hydrogen-bond acceptors (Lipinski definition) is 2. The third-order valence-electron chi connectivity index (χ3n) is 2.38. The molecule has 2 nitrogen and oxygen atoms in total. The standard InChI is InChI=1S/C13H16O2/c1-2-8-13(15,9-10-14)11-12-6-4-3-5-7-12/h1,3-7,14-15H,8-11H2. The molecule has 15 heavy (non-hydrogen) atoms. The molecular weight excluding hydrogens is 188 g/mol. The van der Waals surface area contributed by atoms with E-state index in [0.29, 0.717) is 12.8 Å². The van der Waals surface area contributed by atoms with Crippen molar-refractivity contribution < 1.29 is 10.2 Å². The highest BCUT2D eigenvalue weighted by Gasteiger charge is 2.25. The number of aliphatic hydroxyl groups excluding tert-OH is 1. The van der Waals surface area contributed by atoms with Gasteiger partial charge >= 0.3 is 0 Å². The van der Waals surface area contributed by atoms with Crippen molar-refractivity contribution in [3.8, 4) is 12.3 Å². The van der Waals surface area contributed by atoms with E-state index in [1.165, 1.54) is 0 Å². The van der Waals surface area contributed by atoms with E-state index in [4.69, 9.17) is 11.5 Å². The molecule has 0 heterocycles. The second kappa shape index (κ2) is 5.55. The van der Waals surface area contributed by atoms with Gasteiger partial charge in [0.2, 0.25) is 0 Å². The normalized spacial score (nSPS) is 14.2. The highest BCUT2D eigenvalue weighted by Crippen LogP contribution is 2.20. The molecule has 0 aliphatic heterocycles. The Morgan fingerprint density at radius 2 is 1.93 bits per heavy atom. The van der Waals surface area contributed by atoms with E-state index in [1.807, 2.05) is 30.3 Å². The van der Waals surface area contributed by atoms with Gasteiger partial charge in [-0.2, -0.15) is 0 Å². The van der Waals surface area contributed by atoms with Gasteiger partial charge in [0.25, 0.3) is 0 Å². The van der Waals surface area contributed by atoms with Crippen molar-refractivity contribution in [1.29, 1.82) is 0 Å². The molecule has 0 aromatic heterocycles. The second-order valence-corrected chi connectivity index (χ2v) is 3.74. The van der Waals surface area contributed by atoms with Crippen molar-refractivity contribution in [3.05, 3.63) is 35.9 Å². The molecule has 1 atom stereocenters. The first-order valence-electron chi connectivity index (χ1n) is 5.01. The monoisotopic (exact) mass is 204 g/mol. The summed E-state index contributed by atoms with van der Waals surface area (Å²) in [5.74, 6) is 2.45. The van der Waals surface area contributed by atoms with Crippen LogP contribution in [0.15, 0.2) is 30.3 Å². The number of aliphatic hydroxyl groups is 2. The smallest absolute Gasteiger partial charge is 0.0818 e. The minimum absolute atomic E-state index is 0.0506. The lowest BCUT2D eigenvalue weighted by Gasteiger charge is -2.25. The Labute approximate surface area is 90.6 Å². The molecule has 0 spiro atoms. The van der Waals surface area contributed by atoms with Crippen LogP contribution in [0.25, 0.3) is 0 Å². The molecule has 1 aromatic rings. The summed E-state index contributed by atoms with van der Waals surface area (Å²) < 4.78 is 0. The highest BCUT2D eigenvalue weighted by molar-refractivity contribution is 5.18. The third kappa shape index (κ3) is 3.75. The number of rotatable bonds is 5. The fourth-order valence-corrected chi connectivity index (χ4v) is 1.61. The second-order valence-electron chi connectivity index (χ2n) is 3.74. The Bertz CT molecular complexity index is 326. The average molecular weight is 204 g/mol. The van der Waals surface area contributed by atoms with E-state index in [2.05, 4.69) is 5.92 Å². The van der Waals surface area contributed by atoms with Gasteiger partial charge in [0.1, 0.15) is 0 Å². The number of benzene rings is 1. The van der Waals surface area contributed by atoms with Gasteiger partial charge in [-0.1, -0.05) is 30.3 Å². The summed E-state index contributed by atoms with van der Waals surface area (Å²) in [6.07, 6.45) is 6.27. The van der Waals surface area contributed by atoms with Crippen molar-refractivity contribution >= 4 is 0 Å². The first-order chi connectivity index (χ1) is 7.20. The molecule has 0 amide bonds. The van der Waals surface area contributed by atoms with Crippen LogP contribution in [0.3, 0.4) is 0 Å². The maximum atomic E-state index is 10.2. The van der Waals surface area contributed by atoms with Gasteiger partial charge in [0, 0.05) is 25.9 Å². The Hall–Kier alpha value is -1.30. The molecule has 80 valence electrons. The highest BCUT2D eigenvalue weighted by atomic mass is 16.3. The molecule has 0 bridgehead atoms. The van der Waals surface area contributed by atoms with E-state index in [-0.39, 0.29) is 13.0 Å². The molecule has 1 rings (SSSR count). The van der Waals surface area contributed by atoms with Crippen molar-refractivity contribution in [3.63, 3.8) is 0 Å². The van der Waals surface area contributed by atoms with E-state index in [9.17, 15) is 5.11 Å². The predicted molar refractivity (Wildman–Crippen MR) is 60.2 cm³/mol. The summed E-state index contributed by atoms with van der Waals surface area (Å²) in [6.45, 7) is -0.0506. The molecule has 0 aliphatic rings. The predicted octanol–water partition coefficient (Wildman–Crippen LogP) is 1.37. The lowest BCUT2D eigenvalue weighted by Crippen LogP contribution is -2.32. The summed E-state index contributed by atoms with van der Waals surface area (Å²) in [7, 11) is 0. The Morgan fingerprint density at radius 3 is 2.47 bits per heavy atom. The third-order valence-corrected chi connectivity index (χ3v) is 2.38. The molecule has 0 aliphatic carbocycles. The fraction of sp³-hybridized carbons (Fsp3) is 0.385. The summed E-state index contributed by atoms with van der Waals surface area (Å²) in [4.78, 5) is 0. The van der Waals surface area contributed by atoms with Gasteiger partial charge in [-0.15, -0.1) is 12.3 Å². The maximum Gasteiger partial charge on any atom is 0.0818 e. The minimum Gasteiger partial charge on any atom is -0.396 e. The van der Waals surface area contributed by atoms with Gasteiger partial charge in [0.05, 0.1) is 5.60 Å². The molecule has 2 N–H and O–H groups in total. The minimum atomic E-state index is -0.981. The zero-order chi connectivity index (χ0) is 11.1. The molecular formula is C13H16O2. The number of hydrogen-bond donors (Lipinski definition) is 2. The summed E-state index contributed by atoms with van der Waals surface area (Å²) in [5, 5.41) is 19.0. The lowest BCUT2D eigenvalue weighted by molar-refractivity contribution is 0.0207. The molecule has 0 saturated carbocycles. The maximum absolute atomic E-state index is 10.2. The largest absolute Gasteiger partial charge is 0.396 e. The molecule has 1 aromatic carbocycles. The van der Waals surface area contributed by atoms with Crippen LogP contribution in [0.4, 0.5) is 0 Å². The summed E-state index contributed by atoms with van der Waals surface area (Å²) in [6, 6.07) is 9.66. The zero-order valence-corrected chi connectivity index (χ0v) is 8.69. The van der Waals surface area contributed by atoms with Crippen molar-refractivity contribution in [2.24, 2.45) is 0 Å². The molecule has 0 fully saturated rings. The summed E-state index contributed by atoms with van der Waals surface area (Å²) >= 11 is 0. The average Bonchev–Trinajstić information content (AvgIpc) is 2.19. The topological polar surface area (TPSA) is 40.5 Å². The first kappa shape index (κ1) is 11.8. The first-order valence-corrected chi connectivity index (χ1v) is 5.01. The molecule has 1 unspecified atom stereocenters. The van der Waals surface area contributed by atoms with Crippen LogP contribution in [0, 0.1) is 12.3 Å². The molecule has 2 heteroatoms. The van der Waals surface area contributed by atoms with Gasteiger partial charge in [-0.3, -0.25) is 0 Å². The van der Waals surface area contributed by atoms with Crippen LogP contribution < -0.4 is 0 Å². The van der Waals surface area contributed by atoms with Gasteiger partial charge in [-0.25, -0.2) is 0 Å². The van der Waals surface area contributed by atoms with E-state index < -0.39 is 5.60 Å². The van der Waals surface area contributed by atoms with Gasteiger partial charge < -0.3 is 10.2 Å². The van der Waals surface area contributed by atoms with E-state index in [1.54, 1.807) is 0 Å². The molecule has 0 radical (unpaired) electrons. The van der Waals surface area contributed by atoms with Gasteiger partial charge in [-0.05, 0) is 5.56 Å². The van der Waals surface area contributed by atoms with Crippen molar-refractivity contribution in [1.82, 2.24) is 0 Å². The van der Waals surface area contributed by atoms with Crippen LogP contribution in [0.5, 0.6) is 0 Å². The summed E-state index contributed by atoms with van der Waals surface area (Å²) in [5.41, 5.74) is 0.0499. The van der Waals surface area contributed by atoms with E-state index >= 15 is 0 Å². The van der Waals surface area contributed by atoms with Gasteiger partial charge in [0.15, 0.2) is 0 Å². The zero-order valence-electron chi connectivity index (χ0n) is 8.69. The van der Waals surface area contributed by atoms with Crippen LogP contribution in [0.2, 0.25) is 0 Å². The quantitative estimate of drug-likeness (QED) is 0.711. The lowest BCUT2D eigenvalue weighted by atomic mass is 9.89. The van der Waals surface area contributed by atoms with Crippen LogP contribution >= 0.6 is 0 Å². The Balaban J connectivity index is 2.71.